The first kappa shape index (κ1) is 21.0. The summed E-state index contributed by atoms with van der Waals surface area (Å²) in [6, 6.07) is 12.1. The van der Waals surface area contributed by atoms with E-state index in [0.29, 0.717) is 30.1 Å². The van der Waals surface area contributed by atoms with Crippen LogP contribution >= 0.6 is 0 Å². The molecule has 2 aromatic heterocycles. The Kier molecular flexibility index (Phi) is 5.66. The Morgan fingerprint density at radius 1 is 1.00 bits per heavy atom. The molecule has 0 radical (unpaired) electrons. The van der Waals surface area contributed by atoms with Gasteiger partial charge < -0.3 is 15.4 Å². The minimum Gasteiger partial charge on any atom is -0.381 e. The van der Waals surface area contributed by atoms with E-state index in [9.17, 15) is 13.6 Å². The van der Waals surface area contributed by atoms with Crippen molar-refractivity contribution in [2.45, 2.75) is 18.9 Å². The fourth-order valence-corrected chi connectivity index (χ4v) is 3.67. The van der Waals surface area contributed by atoms with Crippen LogP contribution in [0, 0.1) is 11.6 Å². The van der Waals surface area contributed by atoms with E-state index in [4.69, 9.17) is 4.74 Å². The molecule has 0 bridgehead atoms. The molecule has 0 spiro atoms. The highest BCUT2D eigenvalue weighted by molar-refractivity contribution is 5.94. The molecule has 33 heavy (non-hydrogen) atoms. The number of carbonyl (C=O) groups is 1. The van der Waals surface area contributed by atoms with E-state index < -0.39 is 11.6 Å². The van der Waals surface area contributed by atoms with Crippen molar-refractivity contribution in [2.24, 2.45) is 0 Å². The normalized spacial score (nSPS) is 14.4. The molecule has 1 saturated heterocycles. The largest absolute Gasteiger partial charge is 0.381 e. The molecule has 0 saturated carbocycles. The average molecular weight is 450 g/mol. The maximum atomic E-state index is 14.3. The van der Waals surface area contributed by atoms with Gasteiger partial charge in [-0.1, -0.05) is 6.07 Å². The van der Waals surface area contributed by atoms with Gasteiger partial charge in [0.25, 0.3) is 5.91 Å². The minimum atomic E-state index is -0.760. The molecular weight excluding hydrogens is 430 g/mol. The van der Waals surface area contributed by atoms with Crippen LogP contribution in [0.5, 0.6) is 0 Å². The van der Waals surface area contributed by atoms with Gasteiger partial charge in [0, 0.05) is 36.6 Å². The van der Waals surface area contributed by atoms with E-state index >= 15 is 0 Å². The quantitative estimate of drug-likeness (QED) is 0.481. The molecule has 1 aliphatic heterocycles. The molecule has 1 amide bonds. The number of hydrogen-bond donors (Lipinski definition) is 2. The number of halogens is 2. The van der Waals surface area contributed by atoms with Crippen LogP contribution < -0.4 is 10.6 Å². The number of nitrogens with one attached hydrogen (secondary N) is 2. The summed E-state index contributed by atoms with van der Waals surface area (Å²) >= 11 is 0. The number of nitrogens with zero attached hydrogens (tertiary/aromatic N) is 4. The number of rotatable bonds is 5. The monoisotopic (exact) mass is 450 g/mol. The van der Waals surface area contributed by atoms with Gasteiger partial charge in [0.15, 0.2) is 11.5 Å². The van der Waals surface area contributed by atoms with E-state index in [0.717, 1.165) is 25.0 Å². The zero-order chi connectivity index (χ0) is 22.8. The third-order valence-electron chi connectivity index (χ3n) is 5.40. The fourth-order valence-electron chi connectivity index (χ4n) is 3.67. The third kappa shape index (κ3) is 4.37. The average Bonchev–Trinajstić information content (AvgIpc) is 3.29. The van der Waals surface area contributed by atoms with Crippen LogP contribution in [0.3, 0.4) is 0 Å². The van der Waals surface area contributed by atoms with Gasteiger partial charge >= 0.3 is 0 Å². The summed E-state index contributed by atoms with van der Waals surface area (Å²) in [6.45, 7) is 1.29. The van der Waals surface area contributed by atoms with Gasteiger partial charge in [-0.05, 0) is 49.2 Å². The highest BCUT2D eigenvalue weighted by Crippen LogP contribution is 2.25. The number of ether oxygens (including phenoxy) is 1. The summed E-state index contributed by atoms with van der Waals surface area (Å²) in [5, 5.41) is 10.3. The molecule has 0 unspecified atom stereocenters. The summed E-state index contributed by atoms with van der Waals surface area (Å²) in [5.41, 5.74) is 1.20. The first-order valence-electron chi connectivity index (χ1n) is 10.5. The lowest BCUT2D eigenvalue weighted by Crippen LogP contribution is -2.38. The van der Waals surface area contributed by atoms with Gasteiger partial charge in [0.2, 0.25) is 5.95 Å². The molecule has 2 aromatic carbocycles. The highest BCUT2D eigenvalue weighted by Gasteiger charge is 2.19. The van der Waals surface area contributed by atoms with Crippen molar-refractivity contribution in [2.75, 3.05) is 18.5 Å². The van der Waals surface area contributed by atoms with E-state index in [-0.39, 0.29) is 29.3 Å². The number of anilines is 2. The second-order valence-corrected chi connectivity index (χ2v) is 7.63. The van der Waals surface area contributed by atoms with Gasteiger partial charge in [-0.2, -0.15) is 14.6 Å². The Bertz CT molecular complexity index is 1280. The molecule has 168 valence electrons. The van der Waals surface area contributed by atoms with Crippen LogP contribution in [0.4, 0.5) is 20.4 Å². The SMILES string of the molecule is O=C(NC1CCOCC1)c1ccc(Nc2nc(-c3c(F)cccc3F)nc3ccnn23)cc1. The van der Waals surface area contributed by atoms with Gasteiger partial charge in [0.05, 0.1) is 11.8 Å². The standard InChI is InChI=1S/C23H20F2N6O2/c24-17-2-1-3-18(25)20(17)21-29-19-8-11-26-31(19)23(30-21)28-15-6-4-14(5-7-15)22(32)27-16-9-12-33-13-10-16/h1-8,11,16H,9-10,12-13H2,(H,27,32)(H,28,29,30). The molecule has 0 atom stereocenters. The van der Waals surface area contributed by atoms with Gasteiger partial charge in [0.1, 0.15) is 11.6 Å². The molecule has 8 nitrogen and oxygen atoms in total. The predicted molar refractivity (Wildman–Crippen MR) is 117 cm³/mol. The predicted octanol–water partition coefficient (Wildman–Crippen LogP) is 3.72. The molecule has 2 N–H and O–H groups in total. The minimum absolute atomic E-state index is 0.103. The summed E-state index contributed by atoms with van der Waals surface area (Å²) < 4.78 is 35.3. The van der Waals surface area contributed by atoms with Gasteiger partial charge in [-0.25, -0.2) is 13.8 Å². The zero-order valence-corrected chi connectivity index (χ0v) is 17.5. The third-order valence-corrected chi connectivity index (χ3v) is 5.40. The van der Waals surface area contributed by atoms with Crippen molar-refractivity contribution in [1.82, 2.24) is 24.9 Å². The number of carbonyl (C=O) groups excluding carboxylic acids is 1. The molecule has 5 rings (SSSR count). The van der Waals surface area contributed by atoms with Crippen molar-refractivity contribution in [3.8, 4) is 11.4 Å². The van der Waals surface area contributed by atoms with Crippen LogP contribution in [-0.2, 0) is 4.74 Å². The van der Waals surface area contributed by atoms with Crippen LogP contribution in [-0.4, -0.2) is 44.7 Å². The zero-order valence-electron chi connectivity index (χ0n) is 17.5. The smallest absolute Gasteiger partial charge is 0.251 e. The van der Waals surface area contributed by atoms with Gasteiger partial charge in [-0.3, -0.25) is 4.79 Å². The number of hydrogen-bond acceptors (Lipinski definition) is 6. The Morgan fingerprint density at radius 3 is 2.45 bits per heavy atom. The Balaban J connectivity index is 1.40. The molecule has 1 aliphatic rings. The van der Waals surface area contributed by atoms with Crippen LogP contribution in [0.25, 0.3) is 17.0 Å². The maximum absolute atomic E-state index is 14.3. The number of benzene rings is 2. The second kappa shape index (κ2) is 8.91. The summed E-state index contributed by atoms with van der Waals surface area (Å²) in [5.74, 6) is -1.55. The van der Waals surface area contributed by atoms with Crippen LogP contribution in [0.1, 0.15) is 23.2 Å². The lowest BCUT2D eigenvalue weighted by atomic mass is 10.1. The van der Waals surface area contributed by atoms with E-state index in [2.05, 4.69) is 25.7 Å². The van der Waals surface area contributed by atoms with Crippen molar-refractivity contribution in [3.63, 3.8) is 0 Å². The number of amides is 1. The second-order valence-electron chi connectivity index (χ2n) is 7.63. The first-order chi connectivity index (χ1) is 16.1. The van der Waals surface area contributed by atoms with E-state index in [1.54, 1.807) is 30.3 Å². The van der Waals surface area contributed by atoms with Gasteiger partial charge in [-0.15, -0.1) is 0 Å². The first-order valence-corrected chi connectivity index (χ1v) is 10.5. The number of fused-ring (bicyclic) bond motifs is 1. The number of aromatic nitrogens is 4. The molecule has 4 aromatic rings. The molecule has 1 fully saturated rings. The molecular formula is C23H20F2N6O2. The van der Waals surface area contributed by atoms with E-state index in [1.165, 1.54) is 16.8 Å². The Morgan fingerprint density at radius 2 is 1.73 bits per heavy atom. The molecule has 10 heteroatoms. The topological polar surface area (TPSA) is 93.4 Å². The van der Waals surface area contributed by atoms with E-state index in [1.807, 2.05) is 0 Å². The Hall–Kier alpha value is -3.92. The molecule has 0 aliphatic carbocycles. The maximum Gasteiger partial charge on any atom is 0.251 e. The van der Waals surface area contributed by atoms with Crippen molar-refractivity contribution in [3.05, 3.63) is 71.9 Å². The lowest BCUT2D eigenvalue weighted by Gasteiger charge is -2.23. The van der Waals surface area contributed by atoms with Crippen molar-refractivity contribution < 1.29 is 18.3 Å². The van der Waals surface area contributed by atoms with Crippen LogP contribution in [0.2, 0.25) is 0 Å². The molecule has 3 heterocycles. The fraction of sp³-hybridized carbons (Fsp3) is 0.217. The Labute approximate surface area is 187 Å². The van der Waals surface area contributed by atoms with Crippen molar-refractivity contribution in [1.29, 1.82) is 0 Å². The summed E-state index contributed by atoms with van der Waals surface area (Å²) in [4.78, 5) is 21.0. The highest BCUT2D eigenvalue weighted by atomic mass is 19.1. The lowest BCUT2D eigenvalue weighted by molar-refractivity contribution is 0.0696. The van der Waals surface area contributed by atoms with Crippen LogP contribution in [0.15, 0.2) is 54.7 Å². The summed E-state index contributed by atoms with van der Waals surface area (Å²) in [7, 11) is 0. The summed E-state index contributed by atoms with van der Waals surface area (Å²) in [6.07, 6.45) is 3.11. The van der Waals surface area contributed by atoms with Crippen molar-refractivity contribution >= 4 is 23.2 Å².